The summed E-state index contributed by atoms with van der Waals surface area (Å²) in [7, 11) is 0. The highest BCUT2D eigenvalue weighted by Gasteiger charge is 2.31. The lowest BCUT2D eigenvalue weighted by Crippen LogP contribution is -2.40. The highest BCUT2D eigenvalue weighted by Crippen LogP contribution is 2.33. The second kappa shape index (κ2) is 6.28. The van der Waals surface area contributed by atoms with Gasteiger partial charge in [0.2, 0.25) is 5.91 Å². The first-order chi connectivity index (χ1) is 11.1. The van der Waals surface area contributed by atoms with Crippen LogP contribution in [0.4, 0.5) is 0 Å². The number of H-pyrrole nitrogens is 1. The van der Waals surface area contributed by atoms with Gasteiger partial charge < -0.3 is 15.6 Å². The topological polar surface area (TPSA) is 79.2 Å². The maximum Gasteiger partial charge on any atom is 0.270 e. The number of amides is 2. The number of fused-ring (bicyclic) bond motifs is 1. The van der Waals surface area contributed by atoms with Crippen LogP contribution in [0.15, 0.2) is 36.5 Å². The van der Waals surface area contributed by atoms with Crippen LogP contribution in [0.2, 0.25) is 0 Å². The highest BCUT2D eigenvalue weighted by molar-refractivity contribution is 5.98. The number of aromatic amines is 1. The first-order valence-corrected chi connectivity index (χ1v) is 7.98. The third-order valence-electron chi connectivity index (χ3n) is 4.43. The van der Waals surface area contributed by atoms with Gasteiger partial charge >= 0.3 is 0 Å². The lowest BCUT2D eigenvalue weighted by molar-refractivity contribution is 0.0644. The molecule has 2 heterocycles. The van der Waals surface area contributed by atoms with Gasteiger partial charge in [-0.05, 0) is 30.0 Å². The van der Waals surface area contributed by atoms with E-state index < -0.39 is 5.91 Å². The molecule has 3 rings (SSSR count). The van der Waals surface area contributed by atoms with Crippen LogP contribution < -0.4 is 5.73 Å². The molecule has 1 unspecified atom stereocenters. The van der Waals surface area contributed by atoms with E-state index >= 15 is 0 Å². The minimum Gasteiger partial charge on any atom is -0.366 e. The van der Waals surface area contributed by atoms with Crippen LogP contribution in [0.1, 0.15) is 57.8 Å². The van der Waals surface area contributed by atoms with Gasteiger partial charge in [0.15, 0.2) is 0 Å². The SMILES string of the molecule is CCCC1c2ccccc2CCN1C(=O)c1cc(C(N)=O)c[nH]1. The number of nitrogens with one attached hydrogen (secondary N) is 1. The number of benzene rings is 1. The molecule has 0 fully saturated rings. The van der Waals surface area contributed by atoms with Crippen molar-refractivity contribution in [3.05, 3.63) is 58.9 Å². The molecule has 0 radical (unpaired) electrons. The summed E-state index contributed by atoms with van der Waals surface area (Å²) < 4.78 is 0. The number of carbonyl (C=O) groups is 2. The minimum atomic E-state index is -0.533. The second-order valence-electron chi connectivity index (χ2n) is 5.92. The maximum absolute atomic E-state index is 12.9. The van der Waals surface area contributed by atoms with Gasteiger partial charge in [0.25, 0.3) is 5.91 Å². The van der Waals surface area contributed by atoms with Crippen molar-refractivity contribution >= 4 is 11.8 Å². The summed E-state index contributed by atoms with van der Waals surface area (Å²) in [6, 6.07) is 9.93. The van der Waals surface area contributed by atoms with E-state index in [1.54, 1.807) is 0 Å². The Kier molecular flexibility index (Phi) is 4.19. The fourth-order valence-electron chi connectivity index (χ4n) is 3.29. The zero-order chi connectivity index (χ0) is 16.4. The van der Waals surface area contributed by atoms with E-state index in [-0.39, 0.29) is 11.9 Å². The quantitative estimate of drug-likeness (QED) is 0.910. The highest BCUT2D eigenvalue weighted by atomic mass is 16.2. The third-order valence-corrected chi connectivity index (χ3v) is 4.43. The molecular formula is C18H21N3O2. The zero-order valence-corrected chi connectivity index (χ0v) is 13.2. The van der Waals surface area contributed by atoms with E-state index in [0.717, 1.165) is 19.3 Å². The Morgan fingerprint density at radius 1 is 1.35 bits per heavy atom. The molecule has 1 aromatic carbocycles. The van der Waals surface area contributed by atoms with Crippen molar-refractivity contribution in [1.82, 2.24) is 9.88 Å². The van der Waals surface area contributed by atoms with E-state index in [1.165, 1.54) is 23.4 Å². The first kappa shape index (κ1) is 15.3. The summed E-state index contributed by atoms with van der Waals surface area (Å²) in [6.45, 7) is 2.81. The predicted octanol–water partition coefficient (Wildman–Crippen LogP) is 2.65. The van der Waals surface area contributed by atoms with Gasteiger partial charge in [0.1, 0.15) is 5.69 Å². The molecule has 1 aliphatic heterocycles. The number of aromatic nitrogens is 1. The van der Waals surface area contributed by atoms with Crippen molar-refractivity contribution in [2.45, 2.75) is 32.2 Å². The standard InChI is InChI=1S/C18H21N3O2/c1-2-5-16-14-7-4-3-6-12(14)8-9-21(16)18(23)15-10-13(11-20-15)17(19)22/h3-4,6-7,10-11,16,20H,2,5,8-9H2,1H3,(H2,19,22). The van der Waals surface area contributed by atoms with Gasteiger partial charge in [-0.15, -0.1) is 0 Å². The van der Waals surface area contributed by atoms with E-state index in [9.17, 15) is 9.59 Å². The molecule has 3 N–H and O–H groups in total. The van der Waals surface area contributed by atoms with Gasteiger partial charge in [-0.25, -0.2) is 0 Å². The van der Waals surface area contributed by atoms with E-state index in [2.05, 4.69) is 24.0 Å². The summed E-state index contributed by atoms with van der Waals surface area (Å²) in [6.07, 6.45) is 4.26. The monoisotopic (exact) mass is 311 g/mol. The van der Waals surface area contributed by atoms with Crippen LogP contribution >= 0.6 is 0 Å². The molecule has 0 saturated heterocycles. The van der Waals surface area contributed by atoms with Crippen LogP contribution in [0, 0.1) is 0 Å². The lowest BCUT2D eigenvalue weighted by Gasteiger charge is -2.37. The lowest BCUT2D eigenvalue weighted by atomic mass is 9.90. The predicted molar refractivity (Wildman–Crippen MR) is 88.1 cm³/mol. The molecule has 0 aliphatic carbocycles. The Morgan fingerprint density at radius 2 is 2.13 bits per heavy atom. The van der Waals surface area contributed by atoms with Gasteiger partial charge in [0.05, 0.1) is 11.6 Å². The Bertz CT molecular complexity index is 735. The molecular weight excluding hydrogens is 290 g/mol. The average Bonchev–Trinajstić information content (AvgIpc) is 3.05. The van der Waals surface area contributed by atoms with Crippen molar-refractivity contribution in [1.29, 1.82) is 0 Å². The molecule has 5 nitrogen and oxygen atoms in total. The van der Waals surface area contributed by atoms with Crippen LogP contribution in [-0.2, 0) is 6.42 Å². The Hall–Kier alpha value is -2.56. The molecule has 0 spiro atoms. The molecule has 1 aromatic heterocycles. The number of nitrogens with zero attached hydrogens (tertiary/aromatic N) is 1. The fourth-order valence-corrected chi connectivity index (χ4v) is 3.29. The fraction of sp³-hybridized carbons (Fsp3) is 0.333. The number of hydrogen-bond donors (Lipinski definition) is 2. The molecule has 0 bridgehead atoms. The number of primary amides is 1. The first-order valence-electron chi connectivity index (χ1n) is 7.98. The van der Waals surface area contributed by atoms with Gasteiger partial charge in [0, 0.05) is 12.7 Å². The third kappa shape index (κ3) is 2.86. The minimum absolute atomic E-state index is 0.0783. The number of rotatable bonds is 4. The molecule has 5 heteroatoms. The Morgan fingerprint density at radius 3 is 2.83 bits per heavy atom. The molecule has 0 saturated carbocycles. The summed E-state index contributed by atoms with van der Waals surface area (Å²) in [4.78, 5) is 28.9. The van der Waals surface area contributed by atoms with Crippen LogP contribution in [0.5, 0.6) is 0 Å². The molecule has 1 atom stereocenters. The molecule has 2 aromatic rings. The van der Waals surface area contributed by atoms with Crippen molar-refractivity contribution in [2.75, 3.05) is 6.54 Å². The van der Waals surface area contributed by atoms with Crippen molar-refractivity contribution in [2.24, 2.45) is 5.73 Å². The Balaban J connectivity index is 1.91. The summed E-state index contributed by atoms with van der Waals surface area (Å²) in [5.74, 6) is -0.611. The van der Waals surface area contributed by atoms with E-state index in [1.807, 2.05) is 17.0 Å². The van der Waals surface area contributed by atoms with Crippen LogP contribution in [0.25, 0.3) is 0 Å². The molecule has 2 amide bonds. The van der Waals surface area contributed by atoms with Crippen molar-refractivity contribution in [3.8, 4) is 0 Å². The van der Waals surface area contributed by atoms with Crippen LogP contribution in [0.3, 0.4) is 0 Å². The normalized spacial score (nSPS) is 16.9. The zero-order valence-electron chi connectivity index (χ0n) is 13.2. The van der Waals surface area contributed by atoms with Crippen LogP contribution in [-0.4, -0.2) is 28.2 Å². The summed E-state index contributed by atoms with van der Waals surface area (Å²) in [5.41, 5.74) is 8.56. The number of carbonyl (C=O) groups excluding carboxylic acids is 2. The molecule has 120 valence electrons. The molecule has 1 aliphatic rings. The average molecular weight is 311 g/mol. The largest absolute Gasteiger partial charge is 0.366 e. The second-order valence-corrected chi connectivity index (χ2v) is 5.92. The van der Waals surface area contributed by atoms with Crippen molar-refractivity contribution in [3.63, 3.8) is 0 Å². The molecule has 23 heavy (non-hydrogen) atoms. The van der Waals surface area contributed by atoms with Gasteiger partial charge in [-0.2, -0.15) is 0 Å². The van der Waals surface area contributed by atoms with Gasteiger partial charge in [-0.1, -0.05) is 37.6 Å². The number of nitrogens with two attached hydrogens (primary N) is 1. The number of hydrogen-bond acceptors (Lipinski definition) is 2. The summed E-state index contributed by atoms with van der Waals surface area (Å²) in [5, 5.41) is 0. The van der Waals surface area contributed by atoms with E-state index in [0.29, 0.717) is 17.8 Å². The Labute approximate surface area is 135 Å². The summed E-state index contributed by atoms with van der Waals surface area (Å²) >= 11 is 0. The maximum atomic E-state index is 12.9. The van der Waals surface area contributed by atoms with Crippen molar-refractivity contribution < 1.29 is 9.59 Å². The smallest absolute Gasteiger partial charge is 0.270 e. The van der Waals surface area contributed by atoms with Gasteiger partial charge in [-0.3, -0.25) is 9.59 Å². The van der Waals surface area contributed by atoms with E-state index in [4.69, 9.17) is 5.73 Å².